The van der Waals surface area contributed by atoms with Crippen molar-refractivity contribution in [2.75, 3.05) is 26.6 Å². The Kier molecular flexibility index (Phi) is 7.89. The van der Waals surface area contributed by atoms with E-state index >= 15 is 0 Å². The van der Waals surface area contributed by atoms with Crippen molar-refractivity contribution in [3.05, 3.63) is 51.3 Å². The Morgan fingerprint density at radius 1 is 1.00 bits per heavy atom. The fourth-order valence-corrected chi connectivity index (χ4v) is 4.05. The number of halogens is 2. The van der Waals surface area contributed by atoms with E-state index in [0.29, 0.717) is 32.4 Å². The largest absolute Gasteiger partial charge is 0.496 e. The van der Waals surface area contributed by atoms with Crippen LogP contribution in [0.4, 0.5) is 5.13 Å². The summed E-state index contributed by atoms with van der Waals surface area (Å²) in [6.45, 7) is 1.96. The highest BCUT2D eigenvalue weighted by Crippen LogP contribution is 2.36. The molecular formula is C20H20BrClN2O4S. The van der Waals surface area contributed by atoms with Gasteiger partial charge < -0.3 is 14.2 Å². The Bertz CT molecular complexity index is 1030. The van der Waals surface area contributed by atoms with Gasteiger partial charge in [0.15, 0.2) is 16.6 Å². The van der Waals surface area contributed by atoms with Crippen LogP contribution < -0.4 is 19.5 Å². The molecule has 0 unspecified atom stereocenters. The summed E-state index contributed by atoms with van der Waals surface area (Å²) >= 11 is 4.81. The number of carbonyl (C=O) groups excluding carboxylic acids is 1. The molecule has 3 rings (SSSR count). The molecule has 154 valence electrons. The van der Waals surface area contributed by atoms with Crippen LogP contribution >= 0.6 is 39.7 Å². The second kappa shape index (κ2) is 9.96. The second-order valence-corrected chi connectivity index (χ2v) is 7.85. The lowest BCUT2D eigenvalue weighted by Gasteiger charge is -2.08. The molecule has 6 nitrogen and oxygen atoms in total. The van der Waals surface area contributed by atoms with Gasteiger partial charge in [0.05, 0.1) is 31.5 Å². The average molecular weight is 500 g/mol. The van der Waals surface area contributed by atoms with E-state index in [-0.39, 0.29) is 18.3 Å². The number of ether oxygens (including phenoxy) is 3. The standard InChI is InChI=1S/C20H19BrN2O4S.ClH/c1-11-18(12-5-8-16(26-3)17(10-12)27-4)22-20(28-11)23-19(24)13-6-7-15(25-2)14(21)9-13;/h5-10H,1-4H3,(H,22,23,24);1H. The molecule has 2 aromatic carbocycles. The van der Waals surface area contributed by atoms with Gasteiger partial charge in [-0.05, 0) is 59.3 Å². The first-order valence-electron chi connectivity index (χ1n) is 8.31. The number of rotatable bonds is 6. The normalized spacial score (nSPS) is 10.1. The van der Waals surface area contributed by atoms with Gasteiger partial charge >= 0.3 is 0 Å². The molecule has 0 aliphatic heterocycles. The number of benzene rings is 2. The molecular weight excluding hydrogens is 480 g/mol. The molecule has 9 heteroatoms. The lowest BCUT2D eigenvalue weighted by molar-refractivity contribution is 0.102. The first-order valence-corrected chi connectivity index (χ1v) is 9.92. The molecule has 1 N–H and O–H groups in total. The SMILES string of the molecule is COc1ccc(C(=O)Nc2nc(-c3ccc(OC)c(OC)c3)c(C)s2)cc1Br.Cl. The lowest BCUT2D eigenvalue weighted by Crippen LogP contribution is -2.11. The molecule has 0 saturated heterocycles. The third-order valence-electron chi connectivity index (χ3n) is 4.09. The molecule has 1 amide bonds. The maximum atomic E-state index is 12.6. The summed E-state index contributed by atoms with van der Waals surface area (Å²) in [7, 11) is 4.76. The van der Waals surface area contributed by atoms with Crippen molar-refractivity contribution in [3.63, 3.8) is 0 Å². The highest BCUT2D eigenvalue weighted by Gasteiger charge is 2.16. The average Bonchev–Trinajstić information content (AvgIpc) is 3.07. The second-order valence-electron chi connectivity index (χ2n) is 5.80. The lowest BCUT2D eigenvalue weighted by atomic mass is 10.1. The topological polar surface area (TPSA) is 69.7 Å². The molecule has 0 fully saturated rings. The van der Waals surface area contributed by atoms with E-state index in [1.807, 2.05) is 25.1 Å². The van der Waals surface area contributed by atoms with E-state index in [9.17, 15) is 4.79 Å². The van der Waals surface area contributed by atoms with Gasteiger partial charge in [0.1, 0.15) is 5.75 Å². The number of carbonyl (C=O) groups is 1. The van der Waals surface area contributed by atoms with Crippen molar-refractivity contribution >= 4 is 50.7 Å². The zero-order valence-electron chi connectivity index (χ0n) is 16.2. The van der Waals surface area contributed by atoms with Crippen LogP contribution in [0.25, 0.3) is 11.3 Å². The number of nitrogens with zero attached hydrogens (tertiary/aromatic N) is 1. The number of nitrogens with one attached hydrogen (secondary N) is 1. The first-order chi connectivity index (χ1) is 13.5. The molecule has 0 bridgehead atoms. The number of amides is 1. The van der Waals surface area contributed by atoms with Crippen molar-refractivity contribution in [1.82, 2.24) is 4.98 Å². The van der Waals surface area contributed by atoms with Gasteiger partial charge in [-0.2, -0.15) is 0 Å². The van der Waals surface area contributed by atoms with Gasteiger partial charge in [0.25, 0.3) is 5.91 Å². The predicted octanol–water partition coefficient (Wildman–Crippen LogP) is 5.58. The minimum absolute atomic E-state index is 0. The molecule has 0 aliphatic rings. The minimum Gasteiger partial charge on any atom is -0.496 e. The number of methoxy groups -OCH3 is 3. The first kappa shape index (κ1) is 23.0. The summed E-state index contributed by atoms with van der Waals surface area (Å²) in [4.78, 5) is 18.1. The minimum atomic E-state index is -0.240. The van der Waals surface area contributed by atoms with Crippen LogP contribution in [-0.4, -0.2) is 32.2 Å². The quantitative estimate of drug-likeness (QED) is 0.479. The van der Waals surface area contributed by atoms with Crippen molar-refractivity contribution in [1.29, 1.82) is 0 Å². The number of thiazole rings is 1. The smallest absolute Gasteiger partial charge is 0.257 e. The number of aryl methyl sites for hydroxylation is 1. The third-order valence-corrected chi connectivity index (χ3v) is 5.59. The Morgan fingerprint density at radius 2 is 1.66 bits per heavy atom. The van der Waals surface area contributed by atoms with Crippen molar-refractivity contribution in [2.24, 2.45) is 0 Å². The Hall–Kier alpha value is -2.29. The van der Waals surface area contributed by atoms with Crippen molar-refractivity contribution < 1.29 is 19.0 Å². The molecule has 0 aliphatic carbocycles. The maximum Gasteiger partial charge on any atom is 0.257 e. The zero-order chi connectivity index (χ0) is 20.3. The highest BCUT2D eigenvalue weighted by atomic mass is 79.9. The number of aromatic nitrogens is 1. The maximum absolute atomic E-state index is 12.6. The van der Waals surface area contributed by atoms with Gasteiger partial charge in [0, 0.05) is 16.0 Å². The third kappa shape index (κ3) is 5.01. The van der Waals surface area contributed by atoms with Crippen LogP contribution in [0.5, 0.6) is 17.2 Å². The fourth-order valence-electron chi connectivity index (χ4n) is 2.68. The summed E-state index contributed by atoms with van der Waals surface area (Å²) in [5.74, 6) is 1.70. The highest BCUT2D eigenvalue weighted by molar-refractivity contribution is 9.10. The van der Waals surface area contributed by atoms with Gasteiger partial charge in [0.2, 0.25) is 0 Å². The fraction of sp³-hybridized carbons (Fsp3) is 0.200. The predicted molar refractivity (Wildman–Crippen MR) is 121 cm³/mol. The van der Waals surface area contributed by atoms with E-state index in [1.54, 1.807) is 39.5 Å². The van der Waals surface area contributed by atoms with Gasteiger partial charge in [-0.15, -0.1) is 23.7 Å². The van der Waals surface area contributed by atoms with E-state index in [1.165, 1.54) is 11.3 Å². The van der Waals surface area contributed by atoms with Gasteiger partial charge in [-0.25, -0.2) is 4.98 Å². The number of hydrogen-bond acceptors (Lipinski definition) is 6. The molecule has 29 heavy (non-hydrogen) atoms. The van der Waals surface area contributed by atoms with E-state index in [0.717, 1.165) is 16.1 Å². The Labute approximate surface area is 187 Å². The van der Waals surface area contributed by atoms with Crippen LogP contribution in [0, 0.1) is 6.92 Å². The summed E-state index contributed by atoms with van der Waals surface area (Å²) in [6, 6.07) is 10.8. The van der Waals surface area contributed by atoms with Crippen LogP contribution in [-0.2, 0) is 0 Å². The van der Waals surface area contributed by atoms with Crippen LogP contribution in [0.3, 0.4) is 0 Å². The Balaban J connectivity index is 0.00000300. The van der Waals surface area contributed by atoms with Crippen molar-refractivity contribution in [2.45, 2.75) is 6.92 Å². The van der Waals surface area contributed by atoms with Gasteiger partial charge in [-0.3, -0.25) is 10.1 Å². The summed E-state index contributed by atoms with van der Waals surface area (Å²) < 4.78 is 16.5. The van der Waals surface area contributed by atoms with Crippen molar-refractivity contribution in [3.8, 4) is 28.5 Å². The molecule has 1 aromatic heterocycles. The number of anilines is 1. The van der Waals surface area contributed by atoms with E-state index in [4.69, 9.17) is 14.2 Å². The molecule has 0 spiro atoms. The molecule has 0 saturated carbocycles. The Morgan fingerprint density at radius 3 is 2.28 bits per heavy atom. The molecule has 3 aromatic rings. The van der Waals surface area contributed by atoms with Crippen LogP contribution in [0.2, 0.25) is 0 Å². The zero-order valence-corrected chi connectivity index (χ0v) is 19.5. The summed E-state index contributed by atoms with van der Waals surface area (Å²) in [6.07, 6.45) is 0. The van der Waals surface area contributed by atoms with E-state index < -0.39 is 0 Å². The van der Waals surface area contributed by atoms with Crippen LogP contribution in [0.15, 0.2) is 40.9 Å². The summed E-state index contributed by atoms with van der Waals surface area (Å²) in [5, 5.41) is 3.38. The van der Waals surface area contributed by atoms with E-state index in [2.05, 4.69) is 26.2 Å². The summed E-state index contributed by atoms with van der Waals surface area (Å²) in [5.41, 5.74) is 2.18. The van der Waals surface area contributed by atoms with Gasteiger partial charge in [-0.1, -0.05) is 0 Å². The molecule has 0 radical (unpaired) electrons. The molecule has 0 atom stereocenters. The monoisotopic (exact) mass is 498 g/mol. The number of hydrogen-bond donors (Lipinski definition) is 1. The molecule has 1 heterocycles. The van der Waals surface area contributed by atoms with Crippen LogP contribution in [0.1, 0.15) is 15.2 Å².